The number of amides is 1. The van der Waals surface area contributed by atoms with Crippen LogP contribution in [0.4, 0.5) is 5.69 Å². The normalized spacial score (nSPS) is 12.4. The van der Waals surface area contributed by atoms with Gasteiger partial charge in [-0.1, -0.05) is 38.1 Å². The highest BCUT2D eigenvalue weighted by molar-refractivity contribution is 7.92. The van der Waals surface area contributed by atoms with Crippen molar-refractivity contribution in [3.05, 3.63) is 77.0 Å². The highest BCUT2D eigenvalue weighted by Gasteiger charge is 2.21. The van der Waals surface area contributed by atoms with Crippen molar-refractivity contribution in [2.24, 2.45) is 5.92 Å². The molecule has 0 saturated heterocycles. The van der Waals surface area contributed by atoms with Crippen LogP contribution in [-0.4, -0.2) is 28.0 Å². The van der Waals surface area contributed by atoms with E-state index in [1.165, 1.54) is 11.4 Å². The summed E-state index contributed by atoms with van der Waals surface area (Å²) in [6, 6.07) is 18.8. The van der Waals surface area contributed by atoms with Crippen LogP contribution in [0.15, 0.2) is 77.0 Å². The first-order valence-electron chi connectivity index (χ1n) is 9.88. The Labute approximate surface area is 187 Å². The lowest BCUT2D eigenvalue weighted by Crippen LogP contribution is -2.34. The Kier molecular flexibility index (Phi) is 7.35. The fourth-order valence-corrected chi connectivity index (χ4v) is 5.21. The monoisotopic (exact) mass is 458 g/mol. The zero-order valence-electron chi connectivity index (χ0n) is 17.7. The lowest BCUT2D eigenvalue weighted by Gasteiger charge is -2.21. The molecule has 1 atom stereocenters. The van der Waals surface area contributed by atoms with Gasteiger partial charge in [0.1, 0.15) is 5.75 Å². The molecule has 164 valence electrons. The molecule has 1 N–H and O–H groups in total. The van der Waals surface area contributed by atoms with Crippen molar-refractivity contribution in [3.63, 3.8) is 0 Å². The van der Waals surface area contributed by atoms with Gasteiger partial charge in [0.25, 0.3) is 15.9 Å². The highest BCUT2D eigenvalue weighted by Crippen LogP contribution is 2.26. The zero-order valence-corrected chi connectivity index (χ0v) is 19.3. The standard InChI is InChI=1S/C23H26N2O4S2/c1-17(2)23(21-10-7-15-30-21)24-22(26)16-29-19-13-11-18(12-14-19)25(3)31(27,28)20-8-5-4-6-9-20/h4-15,17,23H,16H2,1-3H3,(H,24,26). The maximum atomic E-state index is 12.7. The molecule has 0 fully saturated rings. The number of benzene rings is 2. The molecular weight excluding hydrogens is 432 g/mol. The van der Waals surface area contributed by atoms with Gasteiger partial charge in [0, 0.05) is 11.9 Å². The van der Waals surface area contributed by atoms with Crippen molar-refractivity contribution in [3.8, 4) is 5.75 Å². The molecule has 0 saturated carbocycles. The van der Waals surface area contributed by atoms with E-state index in [9.17, 15) is 13.2 Å². The molecule has 0 aliphatic rings. The number of thiophene rings is 1. The predicted octanol–water partition coefficient (Wildman–Crippen LogP) is 4.47. The third-order valence-electron chi connectivity index (χ3n) is 4.80. The second-order valence-electron chi connectivity index (χ2n) is 7.37. The maximum Gasteiger partial charge on any atom is 0.264 e. The summed E-state index contributed by atoms with van der Waals surface area (Å²) in [4.78, 5) is 13.7. The zero-order chi connectivity index (χ0) is 22.4. The molecule has 1 amide bonds. The molecule has 1 unspecified atom stereocenters. The summed E-state index contributed by atoms with van der Waals surface area (Å²) in [5, 5.41) is 5.01. The summed E-state index contributed by atoms with van der Waals surface area (Å²) in [6.45, 7) is 4.00. The molecule has 0 bridgehead atoms. The molecule has 8 heteroatoms. The van der Waals surface area contributed by atoms with Gasteiger partial charge in [-0.05, 0) is 53.8 Å². The van der Waals surface area contributed by atoms with E-state index in [1.807, 2.05) is 17.5 Å². The molecule has 3 aromatic rings. The number of carbonyl (C=O) groups is 1. The summed E-state index contributed by atoms with van der Waals surface area (Å²) in [5.74, 6) is 0.533. The first-order valence-corrected chi connectivity index (χ1v) is 12.2. The Morgan fingerprint density at radius 3 is 2.29 bits per heavy atom. The SMILES string of the molecule is CC(C)C(NC(=O)COc1ccc(N(C)S(=O)(=O)c2ccccc2)cc1)c1cccs1. The fraction of sp³-hybridized carbons (Fsp3) is 0.261. The number of sulfonamides is 1. The molecule has 0 spiro atoms. The quantitative estimate of drug-likeness (QED) is 0.513. The minimum atomic E-state index is -3.64. The van der Waals surface area contributed by atoms with Crippen LogP contribution in [0.25, 0.3) is 0 Å². The molecule has 6 nitrogen and oxygen atoms in total. The van der Waals surface area contributed by atoms with Gasteiger partial charge in [0.15, 0.2) is 6.61 Å². The molecular formula is C23H26N2O4S2. The van der Waals surface area contributed by atoms with E-state index >= 15 is 0 Å². The molecule has 0 aliphatic heterocycles. The lowest BCUT2D eigenvalue weighted by molar-refractivity contribution is -0.124. The predicted molar refractivity (Wildman–Crippen MR) is 124 cm³/mol. The maximum absolute atomic E-state index is 12.7. The molecule has 31 heavy (non-hydrogen) atoms. The Balaban J connectivity index is 1.60. The van der Waals surface area contributed by atoms with E-state index in [2.05, 4.69) is 19.2 Å². The highest BCUT2D eigenvalue weighted by atomic mass is 32.2. The average Bonchev–Trinajstić information content (AvgIpc) is 3.30. The first-order chi connectivity index (χ1) is 14.8. The van der Waals surface area contributed by atoms with Gasteiger partial charge in [-0.25, -0.2) is 8.42 Å². The van der Waals surface area contributed by atoms with Crippen LogP contribution < -0.4 is 14.4 Å². The number of nitrogens with one attached hydrogen (secondary N) is 1. The fourth-order valence-electron chi connectivity index (χ4n) is 3.04. The van der Waals surface area contributed by atoms with E-state index in [4.69, 9.17) is 4.74 Å². The topological polar surface area (TPSA) is 75.7 Å². The third-order valence-corrected chi connectivity index (χ3v) is 7.56. The lowest BCUT2D eigenvalue weighted by atomic mass is 10.0. The van der Waals surface area contributed by atoms with Crippen LogP contribution in [-0.2, 0) is 14.8 Å². The minimum absolute atomic E-state index is 0.0599. The second-order valence-corrected chi connectivity index (χ2v) is 10.3. The number of nitrogens with zero attached hydrogens (tertiary/aromatic N) is 1. The first kappa shape index (κ1) is 22.8. The summed E-state index contributed by atoms with van der Waals surface area (Å²) in [5.41, 5.74) is 0.498. The van der Waals surface area contributed by atoms with Crippen molar-refractivity contribution in [2.45, 2.75) is 24.8 Å². The van der Waals surface area contributed by atoms with E-state index in [1.54, 1.807) is 65.9 Å². The van der Waals surface area contributed by atoms with Gasteiger partial charge >= 0.3 is 0 Å². The summed E-state index contributed by atoms with van der Waals surface area (Å²) in [7, 11) is -2.14. The second kappa shape index (κ2) is 9.98. The van der Waals surface area contributed by atoms with Crippen molar-refractivity contribution in [2.75, 3.05) is 18.0 Å². The van der Waals surface area contributed by atoms with Gasteiger partial charge in [-0.3, -0.25) is 9.10 Å². The number of hydrogen-bond donors (Lipinski definition) is 1. The van der Waals surface area contributed by atoms with Gasteiger partial charge in [-0.15, -0.1) is 11.3 Å². The van der Waals surface area contributed by atoms with Crippen molar-refractivity contribution < 1.29 is 17.9 Å². The van der Waals surface area contributed by atoms with Crippen LogP contribution in [0, 0.1) is 5.92 Å². The third kappa shape index (κ3) is 5.65. The largest absolute Gasteiger partial charge is 0.484 e. The van der Waals surface area contributed by atoms with Gasteiger partial charge in [-0.2, -0.15) is 0 Å². The van der Waals surface area contributed by atoms with Crippen LogP contribution in [0.1, 0.15) is 24.8 Å². The Hall–Kier alpha value is -2.84. The number of anilines is 1. The smallest absolute Gasteiger partial charge is 0.264 e. The number of rotatable bonds is 9. The molecule has 1 aromatic heterocycles. The van der Waals surface area contributed by atoms with Crippen molar-refractivity contribution in [1.29, 1.82) is 0 Å². The van der Waals surface area contributed by atoms with Crippen molar-refractivity contribution >= 4 is 33.0 Å². The summed E-state index contributed by atoms with van der Waals surface area (Å²) in [6.07, 6.45) is 0. The Bertz CT molecular complexity index is 1080. The van der Waals surface area contributed by atoms with Crippen LogP contribution in [0.5, 0.6) is 5.75 Å². The summed E-state index contributed by atoms with van der Waals surface area (Å²) >= 11 is 1.61. The van der Waals surface area contributed by atoms with E-state index in [0.717, 1.165) is 4.88 Å². The van der Waals surface area contributed by atoms with Gasteiger partial charge in [0.05, 0.1) is 16.6 Å². The number of ether oxygens (including phenoxy) is 1. The Morgan fingerprint density at radius 2 is 1.71 bits per heavy atom. The van der Waals surface area contributed by atoms with Crippen LogP contribution in [0.2, 0.25) is 0 Å². The van der Waals surface area contributed by atoms with Crippen LogP contribution >= 0.6 is 11.3 Å². The molecule has 1 heterocycles. The molecule has 0 aliphatic carbocycles. The van der Waals surface area contributed by atoms with Gasteiger partial charge < -0.3 is 10.1 Å². The molecule has 3 rings (SSSR count). The number of hydrogen-bond acceptors (Lipinski definition) is 5. The summed E-state index contributed by atoms with van der Waals surface area (Å²) < 4.78 is 32.3. The van der Waals surface area contributed by atoms with Gasteiger partial charge in [0.2, 0.25) is 0 Å². The molecule has 0 radical (unpaired) electrons. The molecule has 2 aromatic carbocycles. The van der Waals surface area contributed by atoms with Crippen molar-refractivity contribution in [1.82, 2.24) is 5.32 Å². The van der Waals surface area contributed by atoms with Crippen LogP contribution in [0.3, 0.4) is 0 Å². The van der Waals surface area contributed by atoms with E-state index in [-0.39, 0.29) is 29.4 Å². The average molecular weight is 459 g/mol. The number of carbonyl (C=O) groups excluding carboxylic acids is 1. The van der Waals surface area contributed by atoms with E-state index in [0.29, 0.717) is 11.4 Å². The minimum Gasteiger partial charge on any atom is -0.484 e. The Morgan fingerprint density at radius 1 is 1.03 bits per heavy atom. The van der Waals surface area contributed by atoms with E-state index < -0.39 is 10.0 Å².